The second-order valence-corrected chi connectivity index (χ2v) is 8.28. The third-order valence-corrected chi connectivity index (χ3v) is 7.12. The molecule has 4 unspecified atom stereocenters. The first-order valence-electron chi connectivity index (χ1n) is 9.29. The molecule has 0 spiro atoms. The summed E-state index contributed by atoms with van der Waals surface area (Å²) in [6.07, 6.45) is 13.9. The molecule has 130 valence electrons. The highest BCUT2D eigenvalue weighted by Gasteiger charge is 2.58. The molecule has 3 rings (SSSR count). The first-order chi connectivity index (χ1) is 10.9. The highest BCUT2D eigenvalue weighted by molar-refractivity contribution is 5.76. The Morgan fingerprint density at radius 2 is 1.78 bits per heavy atom. The summed E-state index contributed by atoms with van der Waals surface area (Å²) in [7, 11) is 0. The lowest BCUT2D eigenvalue weighted by Gasteiger charge is -2.50. The van der Waals surface area contributed by atoms with Gasteiger partial charge in [0.25, 0.3) is 0 Å². The van der Waals surface area contributed by atoms with Crippen molar-refractivity contribution in [3.8, 4) is 0 Å². The molecule has 3 saturated carbocycles. The van der Waals surface area contributed by atoms with E-state index in [9.17, 15) is 5.11 Å². The number of hydrogen-bond acceptors (Lipinski definition) is 3. The maximum absolute atomic E-state index is 11.4. The van der Waals surface area contributed by atoms with Crippen LogP contribution in [0.4, 0.5) is 0 Å². The molecule has 4 atom stereocenters. The van der Waals surface area contributed by atoms with Gasteiger partial charge in [-0.3, -0.25) is 0 Å². The van der Waals surface area contributed by atoms with Gasteiger partial charge < -0.3 is 16.6 Å². The summed E-state index contributed by atoms with van der Waals surface area (Å²) in [6, 6.07) is 0. The zero-order chi connectivity index (χ0) is 16.5. The maximum Gasteiger partial charge on any atom is 0.211 e. The summed E-state index contributed by atoms with van der Waals surface area (Å²) >= 11 is 0. The average molecular weight is 320 g/mol. The molecular weight excluding hydrogens is 288 g/mol. The van der Waals surface area contributed by atoms with Gasteiger partial charge in [0.05, 0.1) is 5.60 Å². The molecule has 0 aliphatic heterocycles. The highest BCUT2D eigenvalue weighted by Crippen LogP contribution is 2.60. The van der Waals surface area contributed by atoms with Gasteiger partial charge in [0.2, 0.25) is 5.96 Å². The summed E-state index contributed by atoms with van der Waals surface area (Å²) < 4.78 is 0. The minimum Gasteiger partial charge on any atom is -0.389 e. The van der Waals surface area contributed by atoms with Gasteiger partial charge >= 0.3 is 0 Å². The predicted octanol–water partition coefficient (Wildman–Crippen LogP) is 2.77. The summed E-state index contributed by atoms with van der Waals surface area (Å²) in [5.74, 6) is 1.80. The smallest absolute Gasteiger partial charge is 0.211 e. The third kappa shape index (κ3) is 3.12. The lowest BCUT2D eigenvalue weighted by Crippen LogP contribution is -2.51. The minimum atomic E-state index is -0.540. The topological polar surface area (TPSA) is 97.0 Å². The van der Waals surface area contributed by atoms with Crippen molar-refractivity contribution >= 4 is 12.2 Å². The molecule has 0 bridgehead atoms. The molecule has 0 aromatic heterocycles. The summed E-state index contributed by atoms with van der Waals surface area (Å²) in [4.78, 5) is 0. The second kappa shape index (κ2) is 6.42. The highest BCUT2D eigenvalue weighted by atomic mass is 16.3. The van der Waals surface area contributed by atoms with Crippen molar-refractivity contribution in [2.75, 3.05) is 0 Å². The number of hydrogen-bond donors (Lipinski definition) is 3. The number of guanidine groups is 1. The van der Waals surface area contributed by atoms with Crippen molar-refractivity contribution in [1.82, 2.24) is 0 Å². The van der Waals surface area contributed by atoms with Crippen LogP contribution in [-0.2, 0) is 0 Å². The zero-order valence-corrected chi connectivity index (χ0v) is 14.4. The van der Waals surface area contributed by atoms with Gasteiger partial charge in [-0.15, -0.1) is 5.10 Å². The van der Waals surface area contributed by atoms with Crippen LogP contribution >= 0.6 is 0 Å². The van der Waals surface area contributed by atoms with Crippen molar-refractivity contribution in [3.05, 3.63) is 0 Å². The van der Waals surface area contributed by atoms with Crippen LogP contribution < -0.4 is 11.5 Å². The number of nitrogens with zero attached hydrogens (tertiary/aromatic N) is 2. The van der Waals surface area contributed by atoms with Crippen LogP contribution in [0.3, 0.4) is 0 Å². The Morgan fingerprint density at radius 3 is 2.48 bits per heavy atom. The number of aliphatic hydroxyl groups is 1. The van der Waals surface area contributed by atoms with Crippen LogP contribution in [-0.4, -0.2) is 22.9 Å². The minimum absolute atomic E-state index is 0.0133. The first-order valence-corrected chi connectivity index (χ1v) is 9.29. The van der Waals surface area contributed by atoms with Crippen molar-refractivity contribution < 1.29 is 5.11 Å². The third-order valence-electron chi connectivity index (χ3n) is 7.12. The largest absolute Gasteiger partial charge is 0.389 e. The van der Waals surface area contributed by atoms with Crippen molar-refractivity contribution in [3.63, 3.8) is 0 Å². The fourth-order valence-corrected chi connectivity index (χ4v) is 5.55. The van der Waals surface area contributed by atoms with E-state index in [0.717, 1.165) is 31.6 Å². The second-order valence-electron chi connectivity index (χ2n) is 8.28. The molecule has 0 aromatic carbocycles. The van der Waals surface area contributed by atoms with Crippen LogP contribution in [0.5, 0.6) is 0 Å². The molecule has 3 fully saturated rings. The molecule has 23 heavy (non-hydrogen) atoms. The van der Waals surface area contributed by atoms with E-state index in [1.807, 2.05) is 6.21 Å². The molecule has 5 nitrogen and oxygen atoms in total. The molecule has 3 aliphatic carbocycles. The average Bonchev–Trinajstić information content (AvgIpc) is 2.79. The monoisotopic (exact) mass is 320 g/mol. The Kier molecular flexibility index (Phi) is 4.68. The zero-order valence-electron chi connectivity index (χ0n) is 14.4. The molecule has 5 heteroatoms. The molecule has 5 N–H and O–H groups in total. The van der Waals surface area contributed by atoms with Crippen LogP contribution in [0, 0.1) is 23.2 Å². The Labute approximate surface area is 139 Å². The predicted molar refractivity (Wildman–Crippen MR) is 94.0 cm³/mol. The van der Waals surface area contributed by atoms with E-state index < -0.39 is 5.60 Å². The molecular formula is C18H32N4O. The van der Waals surface area contributed by atoms with Crippen LogP contribution in [0.25, 0.3) is 0 Å². The van der Waals surface area contributed by atoms with E-state index in [-0.39, 0.29) is 17.3 Å². The number of rotatable bonds is 3. The Bertz CT molecular complexity index is 481. The molecule has 0 heterocycles. The van der Waals surface area contributed by atoms with Gasteiger partial charge in [-0.25, -0.2) is 0 Å². The molecule has 0 aromatic rings. The Hall–Kier alpha value is -1.10. The summed E-state index contributed by atoms with van der Waals surface area (Å²) in [5, 5.41) is 19.2. The van der Waals surface area contributed by atoms with Crippen LogP contribution in [0.2, 0.25) is 0 Å². The van der Waals surface area contributed by atoms with Crippen LogP contribution in [0.1, 0.15) is 71.1 Å². The van der Waals surface area contributed by atoms with E-state index in [1.165, 1.54) is 38.5 Å². The van der Waals surface area contributed by atoms with Crippen molar-refractivity contribution in [1.29, 1.82) is 0 Å². The lowest BCUT2D eigenvalue weighted by atomic mass is 9.57. The quantitative estimate of drug-likeness (QED) is 0.424. The number of nitrogens with two attached hydrogens (primary N) is 2. The lowest BCUT2D eigenvalue weighted by molar-refractivity contribution is -0.115. The molecule has 0 amide bonds. The van der Waals surface area contributed by atoms with Gasteiger partial charge in [-0.1, -0.05) is 39.0 Å². The van der Waals surface area contributed by atoms with Gasteiger partial charge in [-0.2, -0.15) is 5.10 Å². The standard InChI is InChI=1S/C18H32N4O/c1-17-9-7-14(13-5-3-2-4-6-13)11-18(17,23)10-8-15(17)12-21-22-16(19)20/h12-15,23H,2-11H2,1H3,(H4,19,20,22)/b21-12+. The summed E-state index contributed by atoms with van der Waals surface area (Å²) in [6.45, 7) is 2.24. The fourth-order valence-electron chi connectivity index (χ4n) is 5.55. The SMILES string of the molecule is CC12CCC(C3CCCCC3)CC1(O)CCC2/C=N/N=C(N)N. The first kappa shape index (κ1) is 16.7. The Balaban J connectivity index is 1.70. The van der Waals surface area contributed by atoms with E-state index in [2.05, 4.69) is 17.1 Å². The van der Waals surface area contributed by atoms with Gasteiger partial charge in [-0.05, 0) is 43.9 Å². The Morgan fingerprint density at radius 1 is 1.04 bits per heavy atom. The fraction of sp³-hybridized carbons (Fsp3) is 0.889. The maximum atomic E-state index is 11.4. The van der Waals surface area contributed by atoms with Gasteiger partial charge in [0.1, 0.15) is 0 Å². The number of fused-ring (bicyclic) bond motifs is 1. The van der Waals surface area contributed by atoms with E-state index in [4.69, 9.17) is 11.5 Å². The normalized spacial score (nSPS) is 41.8. The van der Waals surface area contributed by atoms with E-state index in [0.29, 0.717) is 5.92 Å². The molecule has 0 radical (unpaired) electrons. The van der Waals surface area contributed by atoms with E-state index >= 15 is 0 Å². The molecule has 0 saturated heterocycles. The van der Waals surface area contributed by atoms with Gasteiger partial charge in [0, 0.05) is 17.5 Å². The van der Waals surface area contributed by atoms with Crippen molar-refractivity contribution in [2.45, 2.75) is 76.7 Å². The molecule has 3 aliphatic rings. The van der Waals surface area contributed by atoms with Crippen LogP contribution in [0.15, 0.2) is 10.2 Å². The van der Waals surface area contributed by atoms with E-state index in [1.54, 1.807) is 0 Å². The van der Waals surface area contributed by atoms with Crippen molar-refractivity contribution in [2.24, 2.45) is 44.8 Å². The van der Waals surface area contributed by atoms with Gasteiger partial charge in [0.15, 0.2) is 0 Å². The summed E-state index contributed by atoms with van der Waals surface area (Å²) in [5.41, 5.74) is 10.0.